The predicted octanol–water partition coefficient (Wildman–Crippen LogP) is 2.39. The molecule has 1 aromatic carbocycles. The number of ether oxygens (including phenoxy) is 2. The van der Waals surface area contributed by atoms with E-state index in [4.69, 9.17) is 9.47 Å². The van der Waals surface area contributed by atoms with Crippen molar-refractivity contribution in [2.45, 2.75) is 6.92 Å². The van der Waals surface area contributed by atoms with Gasteiger partial charge < -0.3 is 14.5 Å². The minimum absolute atomic E-state index is 0.0136. The number of carbonyl (C=O) groups is 1. The van der Waals surface area contributed by atoms with Crippen LogP contribution in [0.5, 0.6) is 11.5 Å². The van der Waals surface area contributed by atoms with E-state index in [9.17, 15) is 4.79 Å². The molecule has 0 aliphatic carbocycles. The van der Waals surface area contributed by atoms with Gasteiger partial charge in [0.1, 0.15) is 11.5 Å². The molecular formula is C12H13NO3. The molecule has 0 radical (unpaired) electrons. The van der Waals surface area contributed by atoms with E-state index in [0.717, 1.165) is 16.7 Å². The van der Waals surface area contributed by atoms with Gasteiger partial charge in [0.05, 0.1) is 25.4 Å². The Bertz CT molecular complexity index is 501. The predicted molar refractivity (Wildman–Crippen MR) is 61.4 cm³/mol. The van der Waals surface area contributed by atoms with Gasteiger partial charge in [-0.05, 0) is 18.2 Å². The van der Waals surface area contributed by atoms with Crippen molar-refractivity contribution in [1.82, 2.24) is 4.98 Å². The van der Waals surface area contributed by atoms with Crippen LogP contribution in [0, 0.1) is 0 Å². The lowest BCUT2D eigenvalue weighted by atomic mass is 10.2. The molecule has 2 rings (SSSR count). The van der Waals surface area contributed by atoms with Crippen LogP contribution in [0.1, 0.15) is 17.4 Å². The molecule has 0 saturated carbocycles. The Labute approximate surface area is 93.2 Å². The Morgan fingerprint density at radius 1 is 1.19 bits per heavy atom. The fourth-order valence-corrected chi connectivity index (χ4v) is 1.71. The molecule has 0 saturated heterocycles. The Morgan fingerprint density at radius 2 is 1.81 bits per heavy atom. The molecular weight excluding hydrogens is 206 g/mol. The van der Waals surface area contributed by atoms with E-state index in [1.807, 2.05) is 12.1 Å². The van der Waals surface area contributed by atoms with Crippen molar-refractivity contribution in [2.24, 2.45) is 0 Å². The largest absolute Gasteiger partial charge is 0.496 e. The molecule has 1 N–H and O–H groups in total. The van der Waals surface area contributed by atoms with Gasteiger partial charge in [-0.2, -0.15) is 0 Å². The van der Waals surface area contributed by atoms with Crippen LogP contribution in [0.15, 0.2) is 18.2 Å². The SMILES string of the molecule is COc1ccc(OC)c2[nH]c(C(C)=O)cc12. The fraction of sp³-hybridized carbons (Fsp3) is 0.250. The third-order valence-corrected chi connectivity index (χ3v) is 2.53. The number of nitrogens with one attached hydrogen (secondary N) is 1. The van der Waals surface area contributed by atoms with Gasteiger partial charge in [0.15, 0.2) is 5.78 Å². The van der Waals surface area contributed by atoms with Gasteiger partial charge in [-0.1, -0.05) is 0 Å². The zero-order valence-electron chi connectivity index (χ0n) is 9.46. The molecule has 1 heterocycles. The van der Waals surface area contributed by atoms with Crippen molar-refractivity contribution in [3.63, 3.8) is 0 Å². The third kappa shape index (κ3) is 1.52. The maximum absolute atomic E-state index is 11.3. The van der Waals surface area contributed by atoms with Crippen LogP contribution in [0.2, 0.25) is 0 Å². The van der Waals surface area contributed by atoms with Crippen molar-refractivity contribution in [2.75, 3.05) is 14.2 Å². The number of H-pyrrole nitrogens is 1. The number of hydrogen-bond acceptors (Lipinski definition) is 3. The number of aromatic amines is 1. The summed E-state index contributed by atoms with van der Waals surface area (Å²) in [6, 6.07) is 5.40. The van der Waals surface area contributed by atoms with Crippen molar-refractivity contribution < 1.29 is 14.3 Å². The fourth-order valence-electron chi connectivity index (χ4n) is 1.71. The van der Waals surface area contributed by atoms with Gasteiger partial charge in [0.2, 0.25) is 0 Å². The number of hydrogen-bond donors (Lipinski definition) is 1. The number of methoxy groups -OCH3 is 2. The smallest absolute Gasteiger partial charge is 0.175 e. The molecule has 16 heavy (non-hydrogen) atoms. The summed E-state index contributed by atoms with van der Waals surface area (Å²) in [5.74, 6) is 1.41. The van der Waals surface area contributed by atoms with E-state index in [2.05, 4.69) is 4.98 Å². The molecule has 0 aliphatic rings. The van der Waals surface area contributed by atoms with Gasteiger partial charge in [-0.15, -0.1) is 0 Å². The number of Topliss-reactive ketones (excluding diaryl/α,β-unsaturated/α-hetero) is 1. The second kappa shape index (κ2) is 3.89. The number of benzene rings is 1. The molecule has 0 unspecified atom stereocenters. The highest BCUT2D eigenvalue weighted by Gasteiger charge is 2.12. The second-order valence-electron chi connectivity index (χ2n) is 3.50. The van der Waals surface area contributed by atoms with Gasteiger partial charge in [0, 0.05) is 12.3 Å². The number of ketones is 1. The summed E-state index contributed by atoms with van der Waals surface area (Å²) >= 11 is 0. The summed E-state index contributed by atoms with van der Waals surface area (Å²) in [7, 11) is 3.19. The Kier molecular flexibility index (Phi) is 2.56. The van der Waals surface area contributed by atoms with Crippen molar-refractivity contribution in [1.29, 1.82) is 0 Å². The van der Waals surface area contributed by atoms with Gasteiger partial charge in [0.25, 0.3) is 0 Å². The number of carbonyl (C=O) groups excluding carboxylic acids is 1. The van der Waals surface area contributed by atoms with Gasteiger partial charge in [-0.25, -0.2) is 0 Å². The molecule has 4 nitrogen and oxygen atoms in total. The zero-order chi connectivity index (χ0) is 11.7. The standard InChI is InChI=1S/C12H13NO3/c1-7(14)9-6-8-10(15-2)4-5-11(16-3)12(8)13-9/h4-6,13H,1-3H3. The van der Waals surface area contributed by atoms with Crippen molar-refractivity contribution in [3.05, 3.63) is 23.9 Å². The average molecular weight is 219 g/mol. The van der Waals surface area contributed by atoms with Crippen LogP contribution < -0.4 is 9.47 Å². The monoisotopic (exact) mass is 219 g/mol. The highest BCUT2D eigenvalue weighted by atomic mass is 16.5. The summed E-state index contributed by atoms with van der Waals surface area (Å²) in [5, 5.41) is 0.854. The summed E-state index contributed by atoms with van der Waals surface area (Å²) < 4.78 is 10.5. The zero-order valence-corrected chi connectivity index (χ0v) is 9.46. The first-order valence-corrected chi connectivity index (χ1v) is 4.92. The maximum atomic E-state index is 11.3. The Morgan fingerprint density at radius 3 is 2.38 bits per heavy atom. The van der Waals surface area contributed by atoms with Crippen LogP contribution in [0.25, 0.3) is 10.9 Å². The maximum Gasteiger partial charge on any atom is 0.175 e. The summed E-state index contributed by atoms with van der Waals surface area (Å²) in [6.45, 7) is 1.52. The van der Waals surface area contributed by atoms with Crippen LogP contribution in [-0.2, 0) is 0 Å². The first-order valence-electron chi connectivity index (χ1n) is 4.92. The summed E-state index contributed by atoms with van der Waals surface area (Å²) in [6.07, 6.45) is 0. The Balaban J connectivity index is 2.75. The topological polar surface area (TPSA) is 51.3 Å². The van der Waals surface area contributed by atoms with E-state index in [1.54, 1.807) is 20.3 Å². The third-order valence-electron chi connectivity index (χ3n) is 2.53. The van der Waals surface area contributed by atoms with Crippen molar-refractivity contribution in [3.8, 4) is 11.5 Å². The highest BCUT2D eigenvalue weighted by Crippen LogP contribution is 2.33. The lowest BCUT2D eigenvalue weighted by Gasteiger charge is -2.05. The molecule has 4 heteroatoms. The van der Waals surface area contributed by atoms with Crippen LogP contribution in [0.3, 0.4) is 0 Å². The summed E-state index contributed by atoms with van der Waals surface area (Å²) in [4.78, 5) is 14.3. The van der Waals surface area contributed by atoms with E-state index >= 15 is 0 Å². The minimum Gasteiger partial charge on any atom is -0.496 e. The molecule has 0 amide bonds. The number of aromatic nitrogens is 1. The lowest BCUT2D eigenvalue weighted by molar-refractivity contribution is 0.101. The molecule has 0 bridgehead atoms. The number of fused-ring (bicyclic) bond motifs is 1. The van der Waals surface area contributed by atoms with Crippen LogP contribution in [0.4, 0.5) is 0 Å². The molecule has 0 spiro atoms. The summed E-state index contributed by atoms with van der Waals surface area (Å²) in [5.41, 5.74) is 1.34. The van der Waals surface area contributed by atoms with Crippen LogP contribution in [-0.4, -0.2) is 25.0 Å². The average Bonchev–Trinajstić information content (AvgIpc) is 2.72. The molecule has 1 aromatic heterocycles. The van der Waals surface area contributed by atoms with E-state index in [1.165, 1.54) is 6.92 Å². The highest BCUT2D eigenvalue weighted by molar-refractivity contribution is 6.01. The molecule has 0 atom stereocenters. The van der Waals surface area contributed by atoms with Gasteiger partial charge >= 0.3 is 0 Å². The molecule has 84 valence electrons. The van der Waals surface area contributed by atoms with E-state index in [0.29, 0.717) is 11.4 Å². The molecule has 2 aromatic rings. The normalized spacial score (nSPS) is 10.4. The first kappa shape index (κ1) is 10.5. The van der Waals surface area contributed by atoms with Crippen LogP contribution >= 0.6 is 0 Å². The number of rotatable bonds is 3. The Hall–Kier alpha value is -1.97. The minimum atomic E-state index is -0.0136. The quantitative estimate of drug-likeness (QED) is 0.806. The van der Waals surface area contributed by atoms with Gasteiger partial charge in [-0.3, -0.25) is 4.79 Å². The van der Waals surface area contributed by atoms with Crippen molar-refractivity contribution >= 4 is 16.7 Å². The molecule has 0 fully saturated rings. The van der Waals surface area contributed by atoms with E-state index < -0.39 is 0 Å². The second-order valence-corrected chi connectivity index (χ2v) is 3.50. The lowest BCUT2D eigenvalue weighted by Crippen LogP contribution is -1.90. The first-order chi connectivity index (χ1) is 7.67. The van der Waals surface area contributed by atoms with E-state index in [-0.39, 0.29) is 5.78 Å². The molecule has 0 aliphatic heterocycles.